The highest BCUT2D eigenvalue weighted by Crippen LogP contribution is 2.32. The Kier molecular flexibility index (Phi) is 7.27. The average molecular weight is 511 g/mol. The first kappa shape index (κ1) is 25.2. The average Bonchev–Trinajstić information content (AvgIpc) is 2.88. The lowest BCUT2D eigenvalue weighted by molar-refractivity contribution is 0.172. The number of hydrogen-bond acceptors (Lipinski definition) is 9. The zero-order valence-electron chi connectivity index (χ0n) is 20.1. The van der Waals surface area contributed by atoms with E-state index >= 15 is 0 Å². The molecule has 0 fully saturated rings. The van der Waals surface area contributed by atoms with E-state index in [1.807, 2.05) is 19.9 Å². The fourth-order valence-corrected chi connectivity index (χ4v) is 4.32. The van der Waals surface area contributed by atoms with E-state index in [-0.39, 0.29) is 34.8 Å². The molecule has 1 aliphatic rings. The molecule has 1 aliphatic heterocycles. The molecule has 0 saturated heterocycles. The number of aliphatic imine (C=N–C) groups is 1. The summed E-state index contributed by atoms with van der Waals surface area (Å²) in [4.78, 5) is 22.1. The summed E-state index contributed by atoms with van der Waals surface area (Å²) in [5.74, 6) is 0.154. The van der Waals surface area contributed by atoms with E-state index in [9.17, 15) is 10.0 Å². The van der Waals surface area contributed by atoms with E-state index < -0.39 is 0 Å². The van der Waals surface area contributed by atoms with E-state index in [0.29, 0.717) is 52.4 Å². The molecule has 188 valence electrons. The van der Waals surface area contributed by atoms with E-state index in [4.69, 9.17) is 32.2 Å². The van der Waals surface area contributed by atoms with Crippen LogP contribution in [0.4, 0.5) is 5.69 Å². The number of halogens is 1. The largest absolute Gasteiger partial charge is 0.455 e. The van der Waals surface area contributed by atoms with Crippen molar-refractivity contribution in [2.75, 3.05) is 25.1 Å². The smallest absolute Gasteiger partial charge is 0.196 e. The maximum atomic E-state index is 13.5. The third kappa shape index (κ3) is 4.77. The summed E-state index contributed by atoms with van der Waals surface area (Å²) >= 11 is 6.01. The van der Waals surface area contributed by atoms with Crippen molar-refractivity contribution in [3.63, 3.8) is 0 Å². The standard InChI is InChI=1S/C25H27ClN6O4/c1-12-8-15(14(3)30-18-4-5-20(26)31-21(18)25(28)32-34)24-16(9-12)22(33)13(2)23(36-24)17(10-27)19-11-35-7-6-29-19/h4-5,8-10,14,30,34H,6-7,11,27H2,1-3H3,(H2,28,32)/b17-10+. The molecule has 10 nitrogen and oxygen atoms in total. The lowest BCUT2D eigenvalue weighted by atomic mass is 9.98. The van der Waals surface area contributed by atoms with Crippen molar-refractivity contribution in [1.29, 1.82) is 0 Å². The van der Waals surface area contributed by atoms with Crippen LogP contribution in [0.3, 0.4) is 0 Å². The minimum Gasteiger partial charge on any atom is -0.455 e. The van der Waals surface area contributed by atoms with Gasteiger partial charge in [0.2, 0.25) is 0 Å². The minimum atomic E-state index is -0.375. The summed E-state index contributed by atoms with van der Waals surface area (Å²) in [7, 11) is 0. The Balaban J connectivity index is 1.87. The maximum absolute atomic E-state index is 13.5. The van der Waals surface area contributed by atoms with Crippen LogP contribution in [-0.2, 0) is 4.74 Å². The van der Waals surface area contributed by atoms with Crippen LogP contribution in [0, 0.1) is 13.8 Å². The van der Waals surface area contributed by atoms with E-state index in [1.54, 1.807) is 25.1 Å². The third-order valence-electron chi connectivity index (χ3n) is 5.94. The normalized spacial score (nSPS) is 15.6. The Morgan fingerprint density at radius 3 is 2.78 bits per heavy atom. The SMILES string of the molecule is Cc1cc(C(C)Nc2ccc(Cl)nc2/C(N)=N/O)c2oc(/C(=C/N)C3=NCCOC3)c(C)c(=O)c2c1. The fraction of sp³-hybridized carbons (Fsp3) is 0.280. The van der Waals surface area contributed by atoms with Gasteiger partial charge in [0, 0.05) is 17.3 Å². The number of benzene rings is 1. The number of oxime groups is 1. The highest BCUT2D eigenvalue weighted by Gasteiger charge is 2.23. The maximum Gasteiger partial charge on any atom is 0.196 e. The molecule has 0 aliphatic carbocycles. The van der Waals surface area contributed by atoms with E-state index in [1.165, 1.54) is 6.20 Å². The van der Waals surface area contributed by atoms with Crippen LogP contribution in [0.2, 0.25) is 5.15 Å². The van der Waals surface area contributed by atoms with Gasteiger partial charge in [0.1, 0.15) is 22.2 Å². The molecular weight excluding hydrogens is 484 g/mol. The Morgan fingerprint density at radius 1 is 1.33 bits per heavy atom. The Hall–Kier alpha value is -3.89. The van der Waals surface area contributed by atoms with Crippen LogP contribution in [0.25, 0.3) is 16.5 Å². The van der Waals surface area contributed by atoms with E-state index in [0.717, 1.165) is 11.1 Å². The van der Waals surface area contributed by atoms with Gasteiger partial charge in [0.15, 0.2) is 11.3 Å². The predicted molar refractivity (Wildman–Crippen MR) is 141 cm³/mol. The summed E-state index contributed by atoms with van der Waals surface area (Å²) in [5, 5.41) is 16.2. The number of amidine groups is 1. The first-order chi connectivity index (χ1) is 17.2. The molecule has 1 atom stereocenters. The van der Waals surface area contributed by atoms with Gasteiger partial charge in [-0.25, -0.2) is 4.98 Å². The van der Waals surface area contributed by atoms with Crippen LogP contribution in [-0.4, -0.2) is 41.5 Å². The molecule has 11 heteroatoms. The van der Waals surface area contributed by atoms with Crippen molar-refractivity contribution >= 4 is 45.4 Å². The molecule has 6 N–H and O–H groups in total. The molecule has 2 aromatic heterocycles. The zero-order valence-corrected chi connectivity index (χ0v) is 20.9. The summed E-state index contributed by atoms with van der Waals surface area (Å²) in [6.07, 6.45) is 1.39. The Bertz CT molecular complexity index is 1480. The van der Waals surface area contributed by atoms with Crippen LogP contribution in [0.1, 0.15) is 41.1 Å². The highest BCUT2D eigenvalue weighted by molar-refractivity contribution is 6.29. The molecule has 36 heavy (non-hydrogen) atoms. The van der Waals surface area contributed by atoms with Crippen molar-refractivity contribution in [2.45, 2.75) is 26.8 Å². The lowest BCUT2D eigenvalue weighted by Gasteiger charge is -2.21. The van der Waals surface area contributed by atoms with Crippen LogP contribution >= 0.6 is 11.6 Å². The van der Waals surface area contributed by atoms with Gasteiger partial charge < -0.3 is 31.1 Å². The molecule has 1 unspecified atom stereocenters. The molecule has 1 aromatic carbocycles. The molecular formula is C25H27ClN6O4. The van der Waals surface area contributed by atoms with Gasteiger partial charge in [0.05, 0.1) is 48.2 Å². The number of nitrogens with one attached hydrogen (secondary N) is 1. The van der Waals surface area contributed by atoms with E-state index in [2.05, 4.69) is 20.4 Å². The molecule has 0 saturated carbocycles. The number of pyridine rings is 1. The van der Waals surface area contributed by atoms with Gasteiger partial charge in [-0.05, 0) is 44.5 Å². The summed E-state index contributed by atoms with van der Waals surface area (Å²) in [6, 6.07) is 6.62. The Labute approximate surface area is 212 Å². The van der Waals surface area contributed by atoms with Crippen molar-refractivity contribution in [3.05, 3.63) is 74.0 Å². The monoisotopic (exact) mass is 510 g/mol. The van der Waals surface area contributed by atoms with Gasteiger partial charge in [-0.2, -0.15) is 0 Å². The fourth-order valence-electron chi connectivity index (χ4n) is 4.18. The first-order valence-electron chi connectivity index (χ1n) is 11.3. The topological polar surface area (TPSA) is 161 Å². The lowest BCUT2D eigenvalue weighted by Crippen LogP contribution is -2.22. The zero-order chi connectivity index (χ0) is 26.0. The van der Waals surface area contributed by atoms with Crippen LogP contribution in [0.15, 0.2) is 49.8 Å². The quantitative estimate of drug-likeness (QED) is 0.129. The number of anilines is 1. The second-order valence-corrected chi connectivity index (χ2v) is 8.85. The molecule has 3 heterocycles. The highest BCUT2D eigenvalue weighted by atomic mass is 35.5. The van der Waals surface area contributed by atoms with Crippen molar-refractivity contribution in [3.8, 4) is 0 Å². The summed E-state index contributed by atoms with van der Waals surface area (Å²) in [5.41, 5.74) is 15.9. The Morgan fingerprint density at radius 2 is 2.11 bits per heavy atom. The van der Waals surface area contributed by atoms with Gasteiger partial charge in [0.25, 0.3) is 0 Å². The first-order valence-corrected chi connectivity index (χ1v) is 11.7. The number of ether oxygens (including phenoxy) is 1. The van der Waals surface area contributed by atoms with Crippen LogP contribution < -0.4 is 22.2 Å². The number of fused-ring (bicyclic) bond motifs is 1. The van der Waals surface area contributed by atoms with Gasteiger partial charge in [-0.15, -0.1) is 0 Å². The predicted octanol–water partition coefficient (Wildman–Crippen LogP) is 3.50. The minimum absolute atomic E-state index is 0.161. The number of hydrogen-bond donors (Lipinski definition) is 4. The molecule has 4 rings (SSSR count). The van der Waals surface area contributed by atoms with Crippen molar-refractivity contribution in [1.82, 2.24) is 4.98 Å². The number of nitrogens with two attached hydrogens (primary N) is 2. The summed E-state index contributed by atoms with van der Waals surface area (Å²) in [6.45, 7) is 6.83. The van der Waals surface area contributed by atoms with Gasteiger partial charge in [-0.1, -0.05) is 22.8 Å². The molecule has 3 aromatic rings. The van der Waals surface area contributed by atoms with Crippen molar-refractivity contribution < 1.29 is 14.4 Å². The van der Waals surface area contributed by atoms with Gasteiger partial charge >= 0.3 is 0 Å². The van der Waals surface area contributed by atoms with Crippen molar-refractivity contribution in [2.24, 2.45) is 21.6 Å². The number of rotatable bonds is 6. The summed E-state index contributed by atoms with van der Waals surface area (Å²) < 4.78 is 11.9. The molecule has 0 spiro atoms. The number of aromatic nitrogens is 1. The van der Waals surface area contributed by atoms with Crippen LogP contribution in [0.5, 0.6) is 0 Å². The second-order valence-electron chi connectivity index (χ2n) is 8.46. The number of aryl methyl sites for hydroxylation is 1. The third-order valence-corrected chi connectivity index (χ3v) is 6.15. The van der Waals surface area contributed by atoms with Gasteiger partial charge in [-0.3, -0.25) is 9.79 Å². The molecule has 0 amide bonds. The molecule has 0 radical (unpaired) electrons. The molecule has 0 bridgehead atoms. The second kappa shape index (κ2) is 10.4. The number of nitrogens with zero attached hydrogens (tertiary/aromatic N) is 3.